The van der Waals surface area contributed by atoms with Gasteiger partial charge in [0, 0.05) is 13.1 Å². The zero-order valence-corrected chi connectivity index (χ0v) is 25.1. The highest BCUT2D eigenvalue weighted by Crippen LogP contribution is 2.27. The van der Waals surface area contributed by atoms with Crippen molar-refractivity contribution < 1.29 is 27.5 Å². The third-order valence-electron chi connectivity index (χ3n) is 6.55. The zero-order chi connectivity index (χ0) is 30.0. The van der Waals surface area contributed by atoms with Crippen molar-refractivity contribution in [2.75, 3.05) is 31.1 Å². The molecule has 0 saturated heterocycles. The fraction of sp³-hybridized carbons (Fsp3) is 0.355. The van der Waals surface area contributed by atoms with E-state index in [1.807, 2.05) is 26.8 Å². The van der Waals surface area contributed by atoms with E-state index in [1.165, 1.54) is 17.0 Å². The largest absolute Gasteiger partial charge is 0.497 e. The van der Waals surface area contributed by atoms with E-state index in [1.54, 1.807) is 68.6 Å². The zero-order valence-electron chi connectivity index (χ0n) is 24.3. The number of nitrogens with zero attached hydrogens (tertiary/aromatic N) is 2. The smallest absolute Gasteiger partial charge is 0.264 e. The van der Waals surface area contributed by atoms with Crippen LogP contribution in [0.2, 0.25) is 0 Å². The lowest BCUT2D eigenvalue weighted by Gasteiger charge is -2.33. The Morgan fingerprint density at radius 2 is 1.61 bits per heavy atom. The van der Waals surface area contributed by atoms with Crippen molar-refractivity contribution in [3.63, 3.8) is 0 Å². The van der Waals surface area contributed by atoms with Crippen LogP contribution in [0.4, 0.5) is 5.69 Å². The Bertz CT molecular complexity index is 1410. The molecule has 0 unspecified atom stereocenters. The first-order valence-corrected chi connectivity index (χ1v) is 15.1. The lowest BCUT2D eigenvalue weighted by atomic mass is 10.1. The van der Waals surface area contributed by atoms with Crippen LogP contribution >= 0.6 is 0 Å². The summed E-state index contributed by atoms with van der Waals surface area (Å²) in [6.07, 6.45) is 0.343. The Labute approximate surface area is 243 Å². The monoisotopic (exact) mass is 581 g/mol. The van der Waals surface area contributed by atoms with Gasteiger partial charge in [0.1, 0.15) is 24.1 Å². The van der Waals surface area contributed by atoms with Crippen molar-refractivity contribution in [1.82, 2.24) is 10.2 Å². The van der Waals surface area contributed by atoms with Crippen molar-refractivity contribution in [3.05, 3.63) is 83.9 Å². The summed E-state index contributed by atoms with van der Waals surface area (Å²) in [6.45, 7) is 7.79. The molecule has 0 heterocycles. The summed E-state index contributed by atoms with van der Waals surface area (Å²) < 4.78 is 39.9. The number of hydrogen-bond donors (Lipinski definition) is 1. The Balaban J connectivity index is 2.06. The topological polar surface area (TPSA) is 105 Å². The van der Waals surface area contributed by atoms with Crippen molar-refractivity contribution >= 4 is 27.5 Å². The fourth-order valence-electron chi connectivity index (χ4n) is 4.42. The third-order valence-corrected chi connectivity index (χ3v) is 8.34. The molecule has 41 heavy (non-hydrogen) atoms. The molecule has 0 fully saturated rings. The molecule has 9 nitrogen and oxygen atoms in total. The third kappa shape index (κ3) is 8.00. The van der Waals surface area contributed by atoms with Gasteiger partial charge in [-0.2, -0.15) is 0 Å². The minimum Gasteiger partial charge on any atom is -0.497 e. The van der Waals surface area contributed by atoms with Crippen molar-refractivity contribution in [3.8, 4) is 11.5 Å². The molecule has 0 aliphatic carbocycles. The van der Waals surface area contributed by atoms with E-state index in [4.69, 9.17) is 9.47 Å². The number of amides is 2. The second-order valence-corrected chi connectivity index (χ2v) is 11.3. The van der Waals surface area contributed by atoms with Gasteiger partial charge in [0.05, 0.1) is 24.3 Å². The molecule has 0 radical (unpaired) electrons. The van der Waals surface area contributed by atoms with Crippen LogP contribution in [0.15, 0.2) is 77.7 Å². The van der Waals surface area contributed by atoms with Gasteiger partial charge in [-0.3, -0.25) is 13.9 Å². The summed E-state index contributed by atoms with van der Waals surface area (Å²) in [4.78, 5) is 28.6. The molecular formula is C31H39N3O6S. The van der Waals surface area contributed by atoms with Crippen molar-refractivity contribution in [2.45, 2.75) is 51.6 Å². The normalized spacial score (nSPS) is 11.8. The van der Waals surface area contributed by atoms with E-state index in [9.17, 15) is 18.0 Å². The van der Waals surface area contributed by atoms with Gasteiger partial charge >= 0.3 is 0 Å². The molecular weight excluding hydrogens is 542 g/mol. The van der Waals surface area contributed by atoms with Gasteiger partial charge in [0.25, 0.3) is 10.0 Å². The van der Waals surface area contributed by atoms with Gasteiger partial charge in [0.2, 0.25) is 11.8 Å². The summed E-state index contributed by atoms with van der Waals surface area (Å²) in [6, 6.07) is 19.4. The van der Waals surface area contributed by atoms with Crippen LogP contribution in [0.3, 0.4) is 0 Å². The molecule has 10 heteroatoms. The Morgan fingerprint density at radius 3 is 2.20 bits per heavy atom. The number of hydrogen-bond acceptors (Lipinski definition) is 6. The van der Waals surface area contributed by atoms with Gasteiger partial charge < -0.3 is 19.7 Å². The number of carbonyl (C=O) groups is 2. The molecule has 1 N–H and O–H groups in total. The van der Waals surface area contributed by atoms with Crippen LogP contribution in [0.25, 0.3) is 0 Å². The van der Waals surface area contributed by atoms with E-state index in [0.29, 0.717) is 36.8 Å². The molecule has 0 aliphatic rings. The average Bonchev–Trinajstić information content (AvgIpc) is 2.96. The van der Waals surface area contributed by atoms with E-state index >= 15 is 0 Å². The summed E-state index contributed by atoms with van der Waals surface area (Å²) in [5, 5.41) is 2.80. The molecule has 1 atom stereocenters. The summed E-state index contributed by atoms with van der Waals surface area (Å²) in [5.41, 5.74) is 1.95. The lowest BCUT2D eigenvalue weighted by Crippen LogP contribution is -2.52. The second-order valence-electron chi connectivity index (χ2n) is 9.44. The molecule has 3 aromatic carbocycles. The number of nitrogens with one attached hydrogen (secondary N) is 1. The maximum Gasteiger partial charge on any atom is 0.264 e. The quantitative estimate of drug-likeness (QED) is 0.300. The number of ether oxygens (including phenoxy) is 2. The van der Waals surface area contributed by atoms with E-state index in [2.05, 4.69) is 5.32 Å². The summed E-state index contributed by atoms with van der Waals surface area (Å²) >= 11 is 0. The van der Waals surface area contributed by atoms with Gasteiger partial charge in [0.15, 0.2) is 0 Å². The highest BCUT2D eigenvalue weighted by Gasteiger charge is 2.33. The molecule has 0 bridgehead atoms. The van der Waals surface area contributed by atoms with Crippen LogP contribution in [0.1, 0.15) is 38.3 Å². The molecule has 220 valence electrons. The van der Waals surface area contributed by atoms with Crippen molar-refractivity contribution in [2.24, 2.45) is 0 Å². The van der Waals surface area contributed by atoms with Crippen LogP contribution in [0, 0.1) is 6.92 Å². The molecule has 3 rings (SSSR count). The van der Waals surface area contributed by atoms with Gasteiger partial charge in [-0.25, -0.2) is 8.42 Å². The number of methoxy groups -OCH3 is 1. The standard InChI is InChI=1S/C31H39N3O6S/c1-6-29(31(36)32-7-2)33(21-24-10-9-11-27(20-24)39-5)30(35)22-34(25-14-16-26(17-15-25)40-8-3)41(37,38)28-18-12-23(4)13-19-28/h9-20,29H,6-8,21-22H2,1-5H3,(H,32,36)/t29-/m0/s1. The van der Waals surface area contributed by atoms with Crippen molar-refractivity contribution in [1.29, 1.82) is 0 Å². The molecule has 3 aromatic rings. The second kappa shape index (κ2) is 14.5. The highest BCUT2D eigenvalue weighted by atomic mass is 32.2. The number of aryl methyl sites for hydroxylation is 1. The first-order chi connectivity index (χ1) is 19.6. The average molecular weight is 582 g/mol. The Morgan fingerprint density at radius 1 is 0.927 bits per heavy atom. The van der Waals surface area contributed by atoms with Gasteiger partial charge in [-0.1, -0.05) is 36.8 Å². The van der Waals surface area contributed by atoms with E-state index < -0.39 is 28.5 Å². The summed E-state index contributed by atoms with van der Waals surface area (Å²) in [7, 11) is -2.59. The first-order valence-electron chi connectivity index (χ1n) is 13.7. The number of benzene rings is 3. The fourth-order valence-corrected chi connectivity index (χ4v) is 5.83. The van der Waals surface area contributed by atoms with E-state index in [0.717, 1.165) is 15.4 Å². The minimum absolute atomic E-state index is 0.0555. The number of carbonyl (C=O) groups excluding carboxylic acids is 2. The molecule has 2 amide bonds. The van der Waals surface area contributed by atoms with Gasteiger partial charge in [-0.15, -0.1) is 0 Å². The van der Waals surface area contributed by atoms with Gasteiger partial charge in [-0.05, 0) is 81.3 Å². The maximum atomic E-state index is 14.1. The van der Waals surface area contributed by atoms with Crippen LogP contribution in [0.5, 0.6) is 11.5 Å². The predicted molar refractivity (Wildman–Crippen MR) is 160 cm³/mol. The van der Waals surface area contributed by atoms with Crippen LogP contribution < -0.4 is 19.1 Å². The molecule has 0 saturated carbocycles. The van der Waals surface area contributed by atoms with E-state index in [-0.39, 0.29) is 17.3 Å². The number of sulfonamides is 1. The minimum atomic E-state index is -4.15. The molecule has 0 aromatic heterocycles. The first kappa shape index (κ1) is 31.5. The number of likely N-dealkylation sites (N-methyl/N-ethyl adjacent to an activating group) is 1. The Kier molecular flexibility index (Phi) is 11.2. The summed E-state index contributed by atoms with van der Waals surface area (Å²) in [5.74, 6) is 0.367. The van der Waals surface area contributed by atoms with Crippen LogP contribution in [-0.2, 0) is 26.2 Å². The number of rotatable bonds is 14. The van der Waals surface area contributed by atoms with Crippen LogP contribution in [-0.4, -0.2) is 58.0 Å². The molecule has 0 aliphatic heterocycles. The SMILES string of the molecule is CCNC(=O)[C@H](CC)N(Cc1cccc(OC)c1)C(=O)CN(c1ccc(OCC)cc1)S(=O)(=O)c1ccc(C)cc1. The Hall–Kier alpha value is -4.05. The molecule has 0 spiro atoms. The number of anilines is 1. The maximum absolute atomic E-state index is 14.1. The predicted octanol–water partition coefficient (Wildman–Crippen LogP) is 4.54. The lowest BCUT2D eigenvalue weighted by molar-refractivity contribution is -0.140. The highest BCUT2D eigenvalue weighted by molar-refractivity contribution is 7.92.